The van der Waals surface area contributed by atoms with Crippen LogP contribution in [0.25, 0.3) is 0 Å². The van der Waals surface area contributed by atoms with Crippen LogP contribution in [-0.4, -0.2) is 19.3 Å². The van der Waals surface area contributed by atoms with Crippen LogP contribution in [0, 0.1) is 0 Å². The zero-order valence-corrected chi connectivity index (χ0v) is 10.3. The summed E-state index contributed by atoms with van der Waals surface area (Å²) in [4.78, 5) is 14.3. The number of hydrogen-bond donors (Lipinski definition) is 2. The van der Waals surface area contributed by atoms with Crippen molar-refractivity contribution in [1.29, 1.82) is 0 Å². The summed E-state index contributed by atoms with van der Waals surface area (Å²) < 4.78 is 0. The molecule has 0 aliphatic heterocycles. The fraction of sp³-hybridized carbons (Fsp3) is 0.364. The maximum Gasteiger partial charge on any atom is 0.324 e. The molecule has 1 atom stereocenters. The second kappa shape index (κ2) is 4.59. The Morgan fingerprint density at radius 1 is 1.27 bits per heavy atom. The lowest BCUT2D eigenvalue weighted by molar-refractivity contribution is -0.139. The van der Waals surface area contributed by atoms with Gasteiger partial charge in [0.1, 0.15) is 14.3 Å². The first kappa shape index (κ1) is 11.9. The first-order valence-corrected chi connectivity index (χ1v) is 8.45. The van der Waals surface area contributed by atoms with E-state index in [9.17, 15) is 4.79 Å². The third-order valence-corrected chi connectivity index (χ3v) is 3.11. The molecule has 0 spiro atoms. The average Bonchev–Trinajstić information content (AvgIpc) is 2.14. The average molecular weight is 223 g/mol. The highest BCUT2D eigenvalue weighted by molar-refractivity contribution is 6.73. The van der Waals surface area contributed by atoms with Crippen molar-refractivity contribution in [2.45, 2.75) is 25.7 Å². The molecule has 0 amide bonds. The minimum atomic E-state index is -1.60. The van der Waals surface area contributed by atoms with E-state index in [1.54, 1.807) is 0 Å². The molecule has 82 valence electrons. The Hall–Kier alpha value is -1.13. The Balaban J connectivity index is 2.90. The molecule has 0 saturated carbocycles. The van der Waals surface area contributed by atoms with Gasteiger partial charge in [-0.25, -0.2) is 0 Å². The maximum absolute atomic E-state index is 11.1. The second-order valence-electron chi connectivity index (χ2n) is 4.58. The molecule has 0 bridgehead atoms. The van der Waals surface area contributed by atoms with Crippen LogP contribution in [0.1, 0.15) is 11.6 Å². The zero-order chi connectivity index (χ0) is 11.5. The van der Waals surface area contributed by atoms with Crippen molar-refractivity contribution in [2.75, 3.05) is 0 Å². The fourth-order valence-electron chi connectivity index (χ4n) is 1.37. The summed E-state index contributed by atoms with van der Waals surface area (Å²) >= 11 is 0. The topological polar surface area (TPSA) is 49.3 Å². The third-order valence-electron chi connectivity index (χ3n) is 1.96. The quantitative estimate of drug-likeness (QED) is 0.770. The molecule has 2 N–H and O–H groups in total. The van der Waals surface area contributed by atoms with E-state index in [-0.39, 0.29) is 0 Å². The van der Waals surface area contributed by atoms with E-state index in [0.717, 1.165) is 5.56 Å². The van der Waals surface area contributed by atoms with Crippen LogP contribution in [0.3, 0.4) is 0 Å². The molecule has 0 saturated heterocycles. The second-order valence-corrected chi connectivity index (χ2v) is 9.36. The number of nitrogens with one attached hydrogen (secondary N) is 1. The van der Waals surface area contributed by atoms with Crippen molar-refractivity contribution >= 4 is 14.2 Å². The maximum atomic E-state index is 11.1. The Morgan fingerprint density at radius 2 is 1.80 bits per heavy atom. The van der Waals surface area contributed by atoms with Crippen LogP contribution in [0.5, 0.6) is 0 Å². The third kappa shape index (κ3) is 3.85. The Bertz CT molecular complexity index is 332. The zero-order valence-electron chi connectivity index (χ0n) is 9.32. The number of benzene rings is 1. The van der Waals surface area contributed by atoms with E-state index in [1.807, 2.05) is 30.3 Å². The van der Waals surface area contributed by atoms with E-state index in [2.05, 4.69) is 24.6 Å². The van der Waals surface area contributed by atoms with Gasteiger partial charge in [-0.15, -0.1) is 0 Å². The van der Waals surface area contributed by atoms with E-state index in [4.69, 9.17) is 5.11 Å². The molecule has 0 radical (unpaired) electrons. The first-order valence-electron chi connectivity index (χ1n) is 4.95. The number of rotatable bonds is 4. The van der Waals surface area contributed by atoms with Gasteiger partial charge < -0.3 is 10.1 Å². The summed E-state index contributed by atoms with van der Waals surface area (Å²) in [7, 11) is -1.60. The predicted octanol–water partition coefficient (Wildman–Crippen LogP) is 2.24. The Kier molecular flexibility index (Phi) is 3.65. The summed E-state index contributed by atoms with van der Waals surface area (Å²) in [5, 5.41) is 9.15. The summed E-state index contributed by atoms with van der Waals surface area (Å²) in [6, 6.07) is 8.70. The monoisotopic (exact) mass is 223 g/mol. The van der Waals surface area contributed by atoms with Crippen molar-refractivity contribution in [3.05, 3.63) is 35.9 Å². The summed E-state index contributed by atoms with van der Waals surface area (Å²) in [6.07, 6.45) is 0. The lowest BCUT2D eigenvalue weighted by atomic mass is 10.1. The van der Waals surface area contributed by atoms with Gasteiger partial charge in [0.15, 0.2) is 0 Å². The van der Waals surface area contributed by atoms with E-state index in [1.165, 1.54) is 0 Å². The van der Waals surface area contributed by atoms with Gasteiger partial charge in [-0.2, -0.15) is 0 Å². The van der Waals surface area contributed by atoms with Crippen LogP contribution in [0.15, 0.2) is 30.3 Å². The van der Waals surface area contributed by atoms with Crippen molar-refractivity contribution in [1.82, 2.24) is 4.98 Å². The van der Waals surface area contributed by atoms with Gasteiger partial charge in [0.25, 0.3) is 0 Å². The molecule has 0 aliphatic carbocycles. The van der Waals surface area contributed by atoms with Crippen molar-refractivity contribution in [3.63, 3.8) is 0 Å². The van der Waals surface area contributed by atoms with Gasteiger partial charge in [-0.1, -0.05) is 50.0 Å². The van der Waals surface area contributed by atoms with Gasteiger partial charge >= 0.3 is 5.97 Å². The van der Waals surface area contributed by atoms with Gasteiger partial charge in [0.05, 0.1) is 0 Å². The number of aliphatic carboxylic acids is 1. The predicted molar refractivity (Wildman–Crippen MR) is 63.3 cm³/mol. The van der Waals surface area contributed by atoms with Gasteiger partial charge in [0, 0.05) is 0 Å². The highest BCUT2D eigenvalue weighted by atomic mass is 28.3. The van der Waals surface area contributed by atoms with Crippen LogP contribution in [-0.2, 0) is 4.79 Å². The van der Waals surface area contributed by atoms with Crippen LogP contribution in [0.2, 0.25) is 19.6 Å². The molecule has 1 aromatic rings. The molecule has 1 aromatic carbocycles. The van der Waals surface area contributed by atoms with Gasteiger partial charge in [-0.05, 0) is 5.56 Å². The largest absolute Gasteiger partial charge is 0.480 e. The van der Waals surface area contributed by atoms with Crippen LogP contribution >= 0.6 is 0 Å². The minimum absolute atomic E-state index is 0.585. The van der Waals surface area contributed by atoms with E-state index >= 15 is 0 Å². The van der Waals surface area contributed by atoms with Crippen molar-refractivity contribution in [3.8, 4) is 0 Å². The van der Waals surface area contributed by atoms with Crippen LogP contribution in [0.4, 0.5) is 0 Å². The van der Waals surface area contributed by atoms with E-state index in [0.29, 0.717) is 0 Å². The molecule has 1 rings (SSSR count). The lowest BCUT2D eigenvalue weighted by Crippen LogP contribution is -2.46. The molecular weight excluding hydrogens is 206 g/mol. The minimum Gasteiger partial charge on any atom is -0.480 e. The highest BCUT2D eigenvalue weighted by Crippen LogP contribution is 2.15. The molecule has 0 heterocycles. The van der Waals surface area contributed by atoms with Gasteiger partial charge in [0.2, 0.25) is 0 Å². The van der Waals surface area contributed by atoms with Gasteiger partial charge in [-0.3, -0.25) is 4.79 Å². The van der Waals surface area contributed by atoms with E-state index < -0.39 is 20.2 Å². The summed E-state index contributed by atoms with van der Waals surface area (Å²) in [6.45, 7) is 6.27. The lowest BCUT2D eigenvalue weighted by Gasteiger charge is -2.24. The number of carboxylic acid groups (broad SMARTS) is 1. The molecule has 15 heavy (non-hydrogen) atoms. The molecule has 0 aliphatic rings. The molecule has 0 aromatic heterocycles. The Labute approximate surface area is 91.2 Å². The molecule has 4 heteroatoms. The molecule has 0 unspecified atom stereocenters. The molecule has 3 nitrogen and oxygen atoms in total. The highest BCUT2D eigenvalue weighted by Gasteiger charge is 2.25. The molecular formula is C11H17NO2Si. The normalized spacial score (nSPS) is 13.5. The first-order chi connectivity index (χ1) is 6.90. The fourth-order valence-corrected chi connectivity index (χ4v) is 2.52. The molecule has 0 fully saturated rings. The summed E-state index contributed by atoms with van der Waals surface area (Å²) in [5.41, 5.74) is 0.812. The van der Waals surface area contributed by atoms with Crippen molar-refractivity contribution < 1.29 is 9.90 Å². The smallest absolute Gasteiger partial charge is 0.324 e. The Morgan fingerprint density at radius 3 is 2.20 bits per heavy atom. The number of carbonyl (C=O) groups is 1. The van der Waals surface area contributed by atoms with Crippen molar-refractivity contribution in [2.24, 2.45) is 0 Å². The SMILES string of the molecule is C[Si](C)(C)N[C@H](C(=O)O)c1ccccc1. The summed E-state index contributed by atoms with van der Waals surface area (Å²) in [5.74, 6) is -0.816. The number of hydrogen-bond acceptors (Lipinski definition) is 2. The standard InChI is InChI=1S/C11H17NO2Si/c1-15(2,3)12-10(11(13)14)9-7-5-4-6-8-9/h4-8,10,12H,1-3H3,(H,13,14)/t10-/m0/s1. The number of carboxylic acids is 1. The van der Waals surface area contributed by atoms with Crippen LogP contribution < -0.4 is 4.98 Å².